The van der Waals surface area contributed by atoms with Crippen LogP contribution in [0.5, 0.6) is 11.5 Å². The number of benzene rings is 1. The van der Waals surface area contributed by atoms with Gasteiger partial charge in [0.25, 0.3) is 5.91 Å². The van der Waals surface area contributed by atoms with Gasteiger partial charge in [0.05, 0.1) is 13.2 Å². The normalized spacial score (nSPS) is 13.5. The first-order valence-electron chi connectivity index (χ1n) is 8.66. The summed E-state index contributed by atoms with van der Waals surface area (Å²) in [6.07, 6.45) is 5.82. The number of carbonyl (C=O) groups is 2. The zero-order valence-corrected chi connectivity index (χ0v) is 14.7. The molecule has 1 aliphatic rings. The SMILES string of the molecule is CCCOc1ccc(/C=C/C(=O)OCC(=O)NC2CC2)cc1OCC. The van der Waals surface area contributed by atoms with E-state index >= 15 is 0 Å². The topological polar surface area (TPSA) is 73.9 Å². The largest absolute Gasteiger partial charge is 0.490 e. The van der Waals surface area contributed by atoms with Gasteiger partial charge >= 0.3 is 5.97 Å². The molecule has 0 saturated heterocycles. The van der Waals surface area contributed by atoms with E-state index in [-0.39, 0.29) is 18.6 Å². The summed E-state index contributed by atoms with van der Waals surface area (Å²) in [6, 6.07) is 5.70. The third-order valence-electron chi connectivity index (χ3n) is 3.43. The second-order valence-electron chi connectivity index (χ2n) is 5.77. The molecule has 0 heterocycles. The van der Waals surface area contributed by atoms with Crippen LogP contribution in [-0.4, -0.2) is 37.7 Å². The number of ether oxygens (including phenoxy) is 3. The average Bonchev–Trinajstić information content (AvgIpc) is 3.41. The molecule has 1 aliphatic carbocycles. The lowest BCUT2D eigenvalue weighted by Crippen LogP contribution is -2.30. The second-order valence-corrected chi connectivity index (χ2v) is 5.77. The van der Waals surface area contributed by atoms with Gasteiger partial charge in [-0.15, -0.1) is 0 Å². The Balaban J connectivity index is 1.88. The summed E-state index contributed by atoms with van der Waals surface area (Å²) in [5.41, 5.74) is 0.784. The molecule has 1 amide bonds. The first kappa shape index (κ1) is 18.8. The van der Waals surface area contributed by atoms with E-state index in [1.165, 1.54) is 6.08 Å². The maximum atomic E-state index is 11.7. The first-order chi connectivity index (χ1) is 12.1. The van der Waals surface area contributed by atoms with Crippen molar-refractivity contribution < 1.29 is 23.8 Å². The molecule has 1 aromatic rings. The molecule has 0 unspecified atom stereocenters. The lowest BCUT2D eigenvalue weighted by Gasteiger charge is -2.12. The van der Waals surface area contributed by atoms with E-state index in [4.69, 9.17) is 14.2 Å². The fraction of sp³-hybridized carbons (Fsp3) is 0.474. The van der Waals surface area contributed by atoms with Crippen LogP contribution in [0.25, 0.3) is 6.08 Å². The average molecular weight is 347 g/mol. The minimum Gasteiger partial charge on any atom is -0.490 e. The third kappa shape index (κ3) is 6.87. The summed E-state index contributed by atoms with van der Waals surface area (Å²) in [7, 11) is 0. The van der Waals surface area contributed by atoms with Crippen LogP contribution in [0.4, 0.5) is 0 Å². The molecule has 1 saturated carbocycles. The van der Waals surface area contributed by atoms with Gasteiger partial charge < -0.3 is 19.5 Å². The third-order valence-corrected chi connectivity index (χ3v) is 3.43. The number of amides is 1. The Morgan fingerprint density at radius 1 is 1.20 bits per heavy atom. The molecule has 0 atom stereocenters. The molecule has 0 bridgehead atoms. The van der Waals surface area contributed by atoms with Crippen LogP contribution in [0, 0.1) is 0 Å². The highest BCUT2D eigenvalue weighted by atomic mass is 16.5. The van der Waals surface area contributed by atoms with E-state index in [2.05, 4.69) is 5.32 Å². The van der Waals surface area contributed by atoms with E-state index in [0.29, 0.717) is 24.7 Å². The van der Waals surface area contributed by atoms with Crippen LogP contribution < -0.4 is 14.8 Å². The standard InChI is InChI=1S/C19H25NO5/c1-3-11-24-16-9-5-14(12-17(16)23-4-2)6-10-19(22)25-13-18(21)20-15-7-8-15/h5-6,9-10,12,15H,3-4,7-8,11,13H2,1-2H3,(H,20,21)/b10-6+. The van der Waals surface area contributed by atoms with E-state index in [0.717, 1.165) is 24.8 Å². The highest BCUT2D eigenvalue weighted by molar-refractivity contribution is 5.89. The lowest BCUT2D eigenvalue weighted by atomic mass is 10.2. The monoisotopic (exact) mass is 347 g/mol. The molecule has 136 valence electrons. The van der Waals surface area contributed by atoms with Crippen molar-refractivity contribution >= 4 is 18.0 Å². The van der Waals surface area contributed by atoms with Crippen LogP contribution >= 0.6 is 0 Å². The number of hydrogen-bond acceptors (Lipinski definition) is 5. The van der Waals surface area contributed by atoms with Crippen molar-refractivity contribution in [1.29, 1.82) is 0 Å². The number of esters is 1. The Bertz CT molecular complexity index is 622. The van der Waals surface area contributed by atoms with Gasteiger partial charge in [0, 0.05) is 12.1 Å². The van der Waals surface area contributed by atoms with Gasteiger partial charge in [0.1, 0.15) is 0 Å². The van der Waals surface area contributed by atoms with Crippen molar-refractivity contribution in [3.05, 3.63) is 29.8 Å². The highest BCUT2D eigenvalue weighted by Crippen LogP contribution is 2.29. The van der Waals surface area contributed by atoms with Crippen molar-refractivity contribution in [3.8, 4) is 11.5 Å². The highest BCUT2D eigenvalue weighted by Gasteiger charge is 2.23. The van der Waals surface area contributed by atoms with E-state index < -0.39 is 5.97 Å². The van der Waals surface area contributed by atoms with Gasteiger partial charge in [-0.2, -0.15) is 0 Å². The Kier molecular flexibility index (Phi) is 7.32. The molecule has 1 aromatic carbocycles. The van der Waals surface area contributed by atoms with E-state index in [1.54, 1.807) is 12.1 Å². The molecule has 1 N–H and O–H groups in total. The van der Waals surface area contributed by atoms with Crippen LogP contribution in [-0.2, 0) is 14.3 Å². The summed E-state index contributed by atoms with van der Waals surface area (Å²) in [5.74, 6) is 0.492. The van der Waals surface area contributed by atoms with Crippen molar-refractivity contribution in [2.75, 3.05) is 19.8 Å². The summed E-state index contributed by atoms with van der Waals surface area (Å²) >= 11 is 0. The van der Waals surface area contributed by atoms with Crippen LogP contribution in [0.3, 0.4) is 0 Å². The van der Waals surface area contributed by atoms with Crippen molar-refractivity contribution in [3.63, 3.8) is 0 Å². The molecule has 0 spiro atoms. The molecule has 25 heavy (non-hydrogen) atoms. The van der Waals surface area contributed by atoms with Crippen LogP contribution in [0.1, 0.15) is 38.7 Å². The number of rotatable bonds is 10. The van der Waals surface area contributed by atoms with Crippen molar-refractivity contribution in [2.24, 2.45) is 0 Å². The molecule has 6 nitrogen and oxygen atoms in total. The molecule has 0 radical (unpaired) electrons. The predicted octanol–water partition coefficient (Wildman–Crippen LogP) is 2.71. The fourth-order valence-corrected chi connectivity index (χ4v) is 2.07. The van der Waals surface area contributed by atoms with Gasteiger partial charge in [-0.1, -0.05) is 13.0 Å². The van der Waals surface area contributed by atoms with Crippen molar-refractivity contribution in [1.82, 2.24) is 5.32 Å². The van der Waals surface area contributed by atoms with E-state index in [9.17, 15) is 9.59 Å². The predicted molar refractivity (Wildman–Crippen MR) is 94.6 cm³/mol. The smallest absolute Gasteiger partial charge is 0.331 e. The Morgan fingerprint density at radius 2 is 2.00 bits per heavy atom. The van der Waals surface area contributed by atoms with Crippen molar-refractivity contribution in [2.45, 2.75) is 39.2 Å². The van der Waals surface area contributed by atoms with E-state index in [1.807, 2.05) is 26.0 Å². The Morgan fingerprint density at radius 3 is 2.68 bits per heavy atom. The van der Waals surface area contributed by atoms with Gasteiger partial charge in [0.15, 0.2) is 18.1 Å². The summed E-state index contributed by atoms with van der Waals surface area (Å²) in [4.78, 5) is 23.2. The van der Waals surface area contributed by atoms with Crippen LogP contribution in [0.2, 0.25) is 0 Å². The maximum absolute atomic E-state index is 11.7. The van der Waals surface area contributed by atoms with Gasteiger partial charge in [0.2, 0.25) is 0 Å². The molecule has 0 aromatic heterocycles. The zero-order valence-electron chi connectivity index (χ0n) is 14.7. The summed E-state index contributed by atoms with van der Waals surface area (Å²) in [6.45, 7) is 4.82. The molecular weight excluding hydrogens is 322 g/mol. The van der Waals surface area contributed by atoms with Gasteiger partial charge in [-0.25, -0.2) is 4.79 Å². The molecule has 6 heteroatoms. The molecular formula is C19H25NO5. The molecule has 1 fully saturated rings. The zero-order chi connectivity index (χ0) is 18.1. The maximum Gasteiger partial charge on any atom is 0.331 e. The number of carbonyl (C=O) groups excluding carboxylic acids is 2. The number of hydrogen-bond donors (Lipinski definition) is 1. The van der Waals surface area contributed by atoms with Crippen LogP contribution in [0.15, 0.2) is 24.3 Å². The molecule has 0 aliphatic heterocycles. The summed E-state index contributed by atoms with van der Waals surface area (Å²) < 4.78 is 16.1. The second kappa shape index (κ2) is 9.71. The lowest BCUT2D eigenvalue weighted by molar-refractivity contribution is -0.143. The minimum absolute atomic E-state index is 0.256. The fourth-order valence-electron chi connectivity index (χ4n) is 2.07. The number of nitrogens with one attached hydrogen (secondary N) is 1. The quantitative estimate of drug-likeness (QED) is 0.520. The Labute approximate surface area is 148 Å². The minimum atomic E-state index is -0.560. The molecule has 2 rings (SSSR count). The Hall–Kier alpha value is -2.50. The van der Waals surface area contributed by atoms with Gasteiger partial charge in [-0.05, 0) is 50.0 Å². The first-order valence-corrected chi connectivity index (χ1v) is 8.66. The van der Waals surface area contributed by atoms with Gasteiger partial charge in [-0.3, -0.25) is 4.79 Å². The summed E-state index contributed by atoms with van der Waals surface area (Å²) in [5, 5.41) is 2.76.